The number of nitrogens with zero attached hydrogens (tertiary/aromatic N) is 2. The summed E-state index contributed by atoms with van der Waals surface area (Å²) < 4.78 is 1.59. The fourth-order valence-corrected chi connectivity index (χ4v) is 1.02. The zero-order chi connectivity index (χ0) is 8.97. The van der Waals surface area contributed by atoms with Gasteiger partial charge in [0.2, 0.25) is 0 Å². The summed E-state index contributed by atoms with van der Waals surface area (Å²) in [6.07, 6.45) is 2.09. The van der Waals surface area contributed by atoms with Gasteiger partial charge in [-0.3, -0.25) is 4.79 Å². The Morgan fingerprint density at radius 3 is 2.92 bits per heavy atom. The molecule has 0 unspecified atom stereocenters. The first kappa shape index (κ1) is 8.54. The number of rotatable bonds is 2. The van der Waals surface area contributed by atoms with Gasteiger partial charge in [0, 0.05) is 18.8 Å². The van der Waals surface area contributed by atoms with E-state index in [1.807, 2.05) is 13.0 Å². The molecule has 0 atom stereocenters. The standard InChI is InChI=1S/C9H10N2O/c1-2-11-7-8(5-6-10)3-4-9(11)12/h3-4,7H,2,5H2,1H3. The van der Waals surface area contributed by atoms with Crippen molar-refractivity contribution in [1.29, 1.82) is 5.26 Å². The highest BCUT2D eigenvalue weighted by Crippen LogP contribution is 1.95. The third-order valence-corrected chi connectivity index (χ3v) is 1.67. The average Bonchev–Trinajstić information content (AvgIpc) is 2.09. The first-order valence-corrected chi connectivity index (χ1v) is 3.84. The van der Waals surface area contributed by atoms with Gasteiger partial charge in [-0.1, -0.05) is 6.07 Å². The summed E-state index contributed by atoms with van der Waals surface area (Å²) in [5, 5.41) is 8.42. The molecule has 0 saturated carbocycles. The van der Waals surface area contributed by atoms with Gasteiger partial charge in [-0.15, -0.1) is 0 Å². The number of pyridine rings is 1. The number of nitriles is 1. The number of aromatic nitrogens is 1. The highest BCUT2D eigenvalue weighted by atomic mass is 16.1. The molecule has 3 heteroatoms. The minimum absolute atomic E-state index is 0.0146. The summed E-state index contributed by atoms with van der Waals surface area (Å²) >= 11 is 0. The molecular weight excluding hydrogens is 152 g/mol. The van der Waals surface area contributed by atoms with Crippen molar-refractivity contribution < 1.29 is 0 Å². The highest BCUT2D eigenvalue weighted by Gasteiger charge is 1.95. The SMILES string of the molecule is CCn1cc(CC#N)ccc1=O. The number of aryl methyl sites for hydroxylation is 1. The molecule has 0 N–H and O–H groups in total. The molecule has 0 spiro atoms. The van der Waals surface area contributed by atoms with Crippen molar-refractivity contribution >= 4 is 0 Å². The minimum Gasteiger partial charge on any atom is -0.316 e. The maximum atomic E-state index is 11.1. The van der Waals surface area contributed by atoms with Gasteiger partial charge in [0.05, 0.1) is 12.5 Å². The van der Waals surface area contributed by atoms with Crippen molar-refractivity contribution in [2.24, 2.45) is 0 Å². The molecule has 0 aliphatic rings. The maximum absolute atomic E-state index is 11.1. The van der Waals surface area contributed by atoms with Gasteiger partial charge in [0.25, 0.3) is 5.56 Å². The molecule has 0 bridgehead atoms. The van der Waals surface area contributed by atoms with Crippen molar-refractivity contribution in [1.82, 2.24) is 4.57 Å². The summed E-state index contributed by atoms with van der Waals surface area (Å²) in [4.78, 5) is 11.1. The van der Waals surface area contributed by atoms with Crippen molar-refractivity contribution in [2.75, 3.05) is 0 Å². The van der Waals surface area contributed by atoms with Crippen molar-refractivity contribution in [2.45, 2.75) is 19.9 Å². The molecular formula is C9H10N2O. The van der Waals surface area contributed by atoms with E-state index in [1.165, 1.54) is 6.07 Å². The van der Waals surface area contributed by atoms with Crippen LogP contribution in [-0.2, 0) is 13.0 Å². The lowest BCUT2D eigenvalue weighted by Gasteiger charge is -2.01. The van der Waals surface area contributed by atoms with Crippen LogP contribution in [0.2, 0.25) is 0 Å². The smallest absolute Gasteiger partial charge is 0.250 e. The average molecular weight is 162 g/mol. The van der Waals surface area contributed by atoms with Gasteiger partial charge in [-0.05, 0) is 12.5 Å². The third-order valence-electron chi connectivity index (χ3n) is 1.67. The third kappa shape index (κ3) is 1.73. The van der Waals surface area contributed by atoms with E-state index in [0.29, 0.717) is 13.0 Å². The Kier molecular flexibility index (Phi) is 2.65. The number of hydrogen-bond donors (Lipinski definition) is 0. The lowest BCUT2D eigenvalue weighted by Crippen LogP contribution is -2.17. The molecule has 1 aromatic rings. The van der Waals surface area contributed by atoms with Crippen LogP contribution in [0, 0.1) is 11.3 Å². The molecule has 1 aromatic heterocycles. The fraction of sp³-hybridized carbons (Fsp3) is 0.333. The summed E-state index contributed by atoms with van der Waals surface area (Å²) in [7, 11) is 0. The molecule has 0 aliphatic heterocycles. The molecule has 1 heterocycles. The maximum Gasteiger partial charge on any atom is 0.250 e. The Morgan fingerprint density at radius 1 is 1.58 bits per heavy atom. The fourth-order valence-electron chi connectivity index (χ4n) is 1.02. The summed E-state index contributed by atoms with van der Waals surface area (Å²) in [5.41, 5.74) is 0.873. The summed E-state index contributed by atoms with van der Waals surface area (Å²) in [6.45, 7) is 2.55. The molecule has 0 amide bonds. The van der Waals surface area contributed by atoms with E-state index >= 15 is 0 Å². The number of hydrogen-bond acceptors (Lipinski definition) is 2. The van der Waals surface area contributed by atoms with Gasteiger partial charge < -0.3 is 4.57 Å². The van der Waals surface area contributed by atoms with Crippen LogP contribution in [0.3, 0.4) is 0 Å². The van der Waals surface area contributed by atoms with Crippen LogP contribution in [0.15, 0.2) is 23.1 Å². The molecule has 1 rings (SSSR count). The molecule has 0 aliphatic carbocycles. The van der Waals surface area contributed by atoms with E-state index < -0.39 is 0 Å². The molecule has 0 saturated heterocycles. The van der Waals surface area contributed by atoms with Crippen molar-refractivity contribution in [3.8, 4) is 6.07 Å². The van der Waals surface area contributed by atoms with E-state index in [-0.39, 0.29) is 5.56 Å². The Balaban J connectivity index is 3.07. The van der Waals surface area contributed by atoms with Gasteiger partial charge in [-0.25, -0.2) is 0 Å². The molecule has 62 valence electrons. The summed E-state index contributed by atoms with van der Waals surface area (Å²) in [6, 6.07) is 5.23. The zero-order valence-corrected chi connectivity index (χ0v) is 6.95. The van der Waals surface area contributed by atoms with Gasteiger partial charge in [-0.2, -0.15) is 5.26 Å². The van der Waals surface area contributed by atoms with E-state index in [2.05, 4.69) is 0 Å². The first-order valence-electron chi connectivity index (χ1n) is 3.84. The largest absolute Gasteiger partial charge is 0.316 e. The molecule has 0 aromatic carbocycles. The van der Waals surface area contributed by atoms with E-state index in [4.69, 9.17) is 5.26 Å². The van der Waals surface area contributed by atoms with Crippen LogP contribution in [0.1, 0.15) is 12.5 Å². The topological polar surface area (TPSA) is 45.8 Å². The van der Waals surface area contributed by atoms with Crippen LogP contribution in [0.25, 0.3) is 0 Å². The van der Waals surface area contributed by atoms with E-state index in [9.17, 15) is 4.79 Å². The Morgan fingerprint density at radius 2 is 2.33 bits per heavy atom. The van der Waals surface area contributed by atoms with Crippen LogP contribution in [0.4, 0.5) is 0 Å². The quantitative estimate of drug-likeness (QED) is 0.649. The van der Waals surface area contributed by atoms with Gasteiger partial charge in [0.15, 0.2) is 0 Å². The normalized spacial score (nSPS) is 9.33. The van der Waals surface area contributed by atoms with Crippen molar-refractivity contribution in [3.63, 3.8) is 0 Å². The summed E-state index contributed by atoms with van der Waals surface area (Å²) in [5.74, 6) is 0. The van der Waals surface area contributed by atoms with Crippen molar-refractivity contribution in [3.05, 3.63) is 34.2 Å². The minimum atomic E-state index is -0.0146. The Hall–Kier alpha value is -1.56. The zero-order valence-electron chi connectivity index (χ0n) is 6.95. The molecule has 0 radical (unpaired) electrons. The predicted octanol–water partition coefficient (Wildman–Crippen LogP) is 0.934. The van der Waals surface area contributed by atoms with Crippen LogP contribution >= 0.6 is 0 Å². The second-order valence-corrected chi connectivity index (χ2v) is 2.50. The highest BCUT2D eigenvalue weighted by molar-refractivity contribution is 5.13. The molecule has 0 fully saturated rings. The van der Waals surface area contributed by atoms with E-state index in [1.54, 1.807) is 16.8 Å². The Labute approximate surface area is 70.9 Å². The molecule has 12 heavy (non-hydrogen) atoms. The van der Waals surface area contributed by atoms with Crippen LogP contribution in [-0.4, -0.2) is 4.57 Å². The second kappa shape index (κ2) is 3.72. The lowest BCUT2D eigenvalue weighted by atomic mass is 10.2. The molecule has 3 nitrogen and oxygen atoms in total. The van der Waals surface area contributed by atoms with Gasteiger partial charge in [0.1, 0.15) is 0 Å². The predicted molar refractivity (Wildman–Crippen MR) is 45.7 cm³/mol. The Bertz CT molecular complexity index is 360. The lowest BCUT2D eigenvalue weighted by molar-refractivity contribution is 0.721. The van der Waals surface area contributed by atoms with E-state index in [0.717, 1.165) is 5.56 Å². The van der Waals surface area contributed by atoms with Crippen LogP contribution < -0.4 is 5.56 Å². The first-order chi connectivity index (χ1) is 5.77. The monoisotopic (exact) mass is 162 g/mol. The van der Waals surface area contributed by atoms with Crippen LogP contribution in [0.5, 0.6) is 0 Å². The second-order valence-electron chi connectivity index (χ2n) is 2.50. The van der Waals surface area contributed by atoms with Gasteiger partial charge >= 0.3 is 0 Å².